The maximum atomic E-state index is 12.2. The zero-order chi connectivity index (χ0) is 28.2. The van der Waals surface area contributed by atoms with Crippen molar-refractivity contribution in [1.29, 1.82) is 0 Å². The van der Waals surface area contributed by atoms with Crippen LogP contribution in [0.4, 0.5) is 0 Å². The number of aromatic nitrogens is 3. The number of aromatic amines is 1. The van der Waals surface area contributed by atoms with Crippen LogP contribution in [-0.2, 0) is 32.2 Å². The number of amides is 2. The second kappa shape index (κ2) is 15.5. The number of ether oxygens (including phenoxy) is 2. The molecule has 2 heterocycles. The summed E-state index contributed by atoms with van der Waals surface area (Å²) in [6, 6.07) is 15.6. The topological polar surface area (TPSA) is 159 Å². The van der Waals surface area contributed by atoms with Crippen LogP contribution in [0.2, 0.25) is 0 Å². The van der Waals surface area contributed by atoms with Crippen molar-refractivity contribution in [3.8, 4) is 0 Å². The van der Waals surface area contributed by atoms with Crippen LogP contribution in [0.15, 0.2) is 60.0 Å². The first-order valence-electron chi connectivity index (χ1n) is 13.3. The molecule has 5 N–H and O–H groups in total. The van der Waals surface area contributed by atoms with Crippen LogP contribution in [0.25, 0.3) is 0 Å². The summed E-state index contributed by atoms with van der Waals surface area (Å²) in [6.07, 6.45) is 4.00. The van der Waals surface area contributed by atoms with Gasteiger partial charge >= 0.3 is 0 Å². The third kappa shape index (κ3) is 9.14. The van der Waals surface area contributed by atoms with E-state index < -0.39 is 12.2 Å². The largest absolute Gasteiger partial charge is 0.392 e. The molecule has 2 amide bonds. The number of aliphatic hydroxyl groups excluding tert-OH is 1. The second-order valence-electron chi connectivity index (χ2n) is 9.57. The molecule has 4 rings (SSSR count). The van der Waals surface area contributed by atoms with Crippen LogP contribution >= 0.6 is 11.8 Å². The average Bonchev–Trinajstić information content (AvgIpc) is 3.53. The zero-order valence-electron chi connectivity index (χ0n) is 22.1. The van der Waals surface area contributed by atoms with Crippen molar-refractivity contribution < 1.29 is 29.4 Å². The van der Waals surface area contributed by atoms with E-state index in [2.05, 4.69) is 20.5 Å². The zero-order valence-corrected chi connectivity index (χ0v) is 22.9. The predicted molar refractivity (Wildman–Crippen MR) is 147 cm³/mol. The van der Waals surface area contributed by atoms with Gasteiger partial charge in [0, 0.05) is 37.1 Å². The Bertz CT molecular complexity index is 1190. The van der Waals surface area contributed by atoms with Crippen LogP contribution in [0.3, 0.4) is 0 Å². The molecule has 1 saturated heterocycles. The van der Waals surface area contributed by atoms with E-state index in [4.69, 9.17) is 14.7 Å². The van der Waals surface area contributed by atoms with Crippen LogP contribution in [0, 0.1) is 0 Å². The third-order valence-electron chi connectivity index (χ3n) is 6.59. The van der Waals surface area contributed by atoms with Gasteiger partial charge in [-0.05, 0) is 29.5 Å². The van der Waals surface area contributed by atoms with Gasteiger partial charge in [-0.15, -0.1) is 0 Å². The molecule has 1 aliphatic heterocycles. The molecule has 40 heavy (non-hydrogen) atoms. The predicted octanol–water partition coefficient (Wildman–Crippen LogP) is 3.71. The normalized spacial score (nSPS) is 18.8. The molecule has 3 aromatic rings. The van der Waals surface area contributed by atoms with E-state index in [9.17, 15) is 14.7 Å². The molecule has 0 saturated carbocycles. The van der Waals surface area contributed by atoms with Gasteiger partial charge in [0.1, 0.15) is 6.33 Å². The lowest BCUT2D eigenvalue weighted by Crippen LogP contribution is -2.31. The lowest BCUT2D eigenvalue weighted by Gasteiger charge is -2.36. The Morgan fingerprint density at radius 3 is 2.33 bits per heavy atom. The fourth-order valence-corrected chi connectivity index (χ4v) is 5.14. The standard InChI is InChI=1S/C28H35N5O6S/c34-16-20-8-10-21(11-9-20)24-14-23(17-40-28-30-18-31-32-28)38-27(39-24)22-12-6-19(7-13-22)15-29-25(35)4-2-1-3-5-26(36)33-37/h6-13,18,23-24,27,34,37H,1-5,14-17H2,(H,29,35)(H,33,36)(H,30,31,32)/t23-,24+,27+/m0/s1. The van der Waals surface area contributed by atoms with Crippen molar-refractivity contribution in [2.24, 2.45) is 0 Å². The summed E-state index contributed by atoms with van der Waals surface area (Å²) in [4.78, 5) is 27.4. The highest BCUT2D eigenvalue weighted by Gasteiger charge is 2.32. The molecule has 214 valence electrons. The molecule has 0 spiro atoms. The summed E-state index contributed by atoms with van der Waals surface area (Å²) in [7, 11) is 0. The van der Waals surface area contributed by atoms with Gasteiger partial charge in [0.25, 0.3) is 0 Å². The summed E-state index contributed by atoms with van der Waals surface area (Å²) in [6.45, 7) is 0.404. The number of thioether (sulfide) groups is 1. The fraction of sp³-hybridized carbons (Fsp3) is 0.429. The van der Waals surface area contributed by atoms with Crippen molar-refractivity contribution in [2.75, 3.05) is 5.75 Å². The highest BCUT2D eigenvalue weighted by Crippen LogP contribution is 2.39. The number of unbranched alkanes of at least 4 members (excludes halogenated alkanes) is 2. The quantitative estimate of drug-likeness (QED) is 0.0844. The molecular formula is C28H35N5O6S. The number of nitrogens with one attached hydrogen (secondary N) is 3. The van der Waals surface area contributed by atoms with Gasteiger partial charge < -0.3 is 19.9 Å². The number of H-pyrrole nitrogens is 1. The molecule has 3 atom stereocenters. The first kappa shape index (κ1) is 29.7. The van der Waals surface area contributed by atoms with Gasteiger partial charge in [-0.2, -0.15) is 5.10 Å². The molecule has 1 aromatic heterocycles. The van der Waals surface area contributed by atoms with Gasteiger partial charge in [0.2, 0.25) is 11.8 Å². The van der Waals surface area contributed by atoms with Crippen molar-refractivity contribution in [2.45, 2.75) is 75.3 Å². The summed E-state index contributed by atoms with van der Waals surface area (Å²) < 4.78 is 12.7. The molecule has 1 aliphatic rings. The first-order valence-corrected chi connectivity index (χ1v) is 14.3. The monoisotopic (exact) mass is 569 g/mol. The molecular weight excluding hydrogens is 534 g/mol. The van der Waals surface area contributed by atoms with Gasteiger partial charge in [-0.25, -0.2) is 10.5 Å². The number of nitrogens with zero attached hydrogens (tertiary/aromatic N) is 2. The Balaban J connectivity index is 1.31. The number of rotatable bonds is 14. The number of hydrogen-bond donors (Lipinski definition) is 5. The number of hydroxylamine groups is 1. The first-order chi connectivity index (χ1) is 19.5. The van der Waals surface area contributed by atoms with E-state index in [1.165, 1.54) is 6.33 Å². The third-order valence-corrected chi connectivity index (χ3v) is 7.60. The number of aliphatic hydroxyl groups is 1. The van der Waals surface area contributed by atoms with E-state index in [0.29, 0.717) is 38.0 Å². The van der Waals surface area contributed by atoms with Gasteiger partial charge in [-0.3, -0.25) is 19.9 Å². The highest BCUT2D eigenvalue weighted by atomic mass is 32.2. The van der Waals surface area contributed by atoms with Crippen molar-refractivity contribution in [1.82, 2.24) is 26.0 Å². The van der Waals surface area contributed by atoms with Gasteiger partial charge in [0.05, 0.1) is 18.8 Å². The molecule has 12 heteroatoms. The number of hydrogen-bond acceptors (Lipinski definition) is 9. The lowest BCUT2D eigenvalue weighted by molar-refractivity contribution is -0.245. The maximum absolute atomic E-state index is 12.2. The molecule has 11 nitrogen and oxygen atoms in total. The Hall–Kier alpha value is -3.29. The fourth-order valence-electron chi connectivity index (χ4n) is 4.34. The smallest absolute Gasteiger partial charge is 0.243 e. The van der Waals surface area contributed by atoms with Crippen molar-refractivity contribution >= 4 is 23.6 Å². The van der Waals surface area contributed by atoms with E-state index >= 15 is 0 Å². The summed E-state index contributed by atoms with van der Waals surface area (Å²) >= 11 is 1.55. The van der Waals surface area contributed by atoms with Crippen LogP contribution in [-0.4, -0.2) is 49.2 Å². The van der Waals surface area contributed by atoms with Gasteiger partial charge in [-0.1, -0.05) is 66.7 Å². The summed E-state index contributed by atoms with van der Waals surface area (Å²) in [5.74, 6) is 0.223. The number of carbonyl (C=O) groups is 2. The molecule has 2 aromatic carbocycles. The van der Waals surface area contributed by atoms with Gasteiger partial charge in [0.15, 0.2) is 11.4 Å². The molecule has 0 unspecified atom stereocenters. The van der Waals surface area contributed by atoms with E-state index in [1.54, 1.807) is 17.2 Å². The Labute approximate surface area is 237 Å². The average molecular weight is 570 g/mol. The Kier molecular flexibility index (Phi) is 11.5. The molecule has 0 radical (unpaired) electrons. The van der Waals surface area contributed by atoms with Crippen LogP contribution in [0.1, 0.15) is 73.2 Å². The Morgan fingerprint density at radius 2 is 1.65 bits per heavy atom. The minimum absolute atomic E-state index is 0.00764. The summed E-state index contributed by atoms with van der Waals surface area (Å²) in [5, 5.41) is 28.3. The molecule has 0 aliphatic carbocycles. The SMILES string of the molecule is O=C(CCCCCC(=O)NCc1ccc([C@@H]2O[C@H](CSc3ncn[nH]3)C[C@H](c3ccc(CO)cc3)O2)cc1)NO. The second-order valence-corrected chi connectivity index (χ2v) is 10.6. The van der Waals surface area contributed by atoms with Crippen LogP contribution < -0.4 is 10.8 Å². The molecule has 1 fully saturated rings. The molecule has 0 bridgehead atoms. The van der Waals surface area contributed by atoms with E-state index in [1.807, 2.05) is 48.5 Å². The maximum Gasteiger partial charge on any atom is 0.243 e. The van der Waals surface area contributed by atoms with Crippen molar-refractivity contribution in [3.63, 3.8) is 0 Å². The number of benzene rings is 2. The van der Waals surface area contributed by atoms with E-state index in [0.717, 1.165) is 33.8 Å². The highest BCUT2D eigenvalue weighted by molar-refractivity contribution is 7.99. The summed E-state index contributed by atoms with van der Waals surface area (Å²) in [5.41, 5.74) is 5.32. The lowest BCUT2D eigenvalue weighted by atomic mass is 10.0. The minimum Gasteiger partial charge on any atom is -0.392 e. The Morgan fingerprint density at radius 1 is 0.950 bits per heavy atom. The van der Waals surface area contributed by atoms with E-state index in [-0.39, 0.29) is 31.1 Å². The van der Waals surface area contributed by atoms with Crippen molar-refractivity contribution in [3.05, 3.63) is 77.1 Å². The number of carbonyl (C=O) groups excluding carboxylic acids is 2. The minimum atomic E-state index is -0.562. The van der Waals surface area contributed by atoms with Crippen LogP contribution in [0.5, 0.6) is 0 Å².